The molecule has 5 rings (SSSR count). The molecule has 2 aliphatic rings. The van der Waals surface area contributed by atoms with Crippen molar-refractivity contribution in [1.82, 2.24) is 0 Å². The van der Waals surface area contributed by atoms with Crippen molar-refractivity contribution in [2.24, 2.45) is 0 Å². The average Bonchev–Trinajstić information content (AvgIpc) is 3.59. The summed E-state index contributed by atoms with van der Waals surface area (Å²) in [6.07, 6.45) is 16.8. The predicted molar refractivity (Wildman–Crippen MR) is 181 cm³/mol. The van der Waals surface area contributed by atoms with E-state index < -0.39 is 0 Å². The molecule has 4 amide bonds. The molecule has 0 radical (unpaired) electrons. The van der Waals surface area contributed by atoms with Crippen LogP contribution in [0.5, 0.6) is 11.5 Å². The molecule has 0 aliphatic carbocycles. The van der Waals surface area contributed by atoms with Gasteiger partial charge in [-0.2, -0.15) is 0 Å². The Balaban J connectivity index is 1.41. The second kappa shape index (κ2) is 15.0. The number of anilines is 2. The van der Waals surface area contributed by atoms with Crippen LogP contribution in [0.1, 0.15) is 61.8 Å². The largest absolute Gasteiger partial charge is 0.493 e. The van der Waals surface area contributed by atoms with Crippen LogP contribution in [0.2, 0.25) is 0 Å². The third-order valence-electron chi connectivity index (χ3n) is 7.48. The van der Waals surface area contributed by atoms with Gasteiger partial charge < -0.3 is 9.47 Å². The average molecular weight is 617 g/mol. The molecule has 0 N–H and O–H groups in total. The van der Waals surface area contributed by atoms with E-state index in [-0.39, 0.29) is 23.6 Å². The van der Waals surface area contributed by atoms with Gasteiger partial charge in [0.15, 0.2) is 0 Å². The van der Waals surface area contributed by atoms with Crippen LogP contribution in [-0.4, -0.2) is 36.8 Å². The summed E-state index contributed by atoms with van der Waals surface area (Å²) in [6.45, 7) is 5.37. The van der Waals surface area contributed by atoms with Crippen molar-refractivity contribution >= 4 is 59.3 Å². The van der Waals surface area contributed by atoms with Gasteiger partial charge in [0, 0.05) is 35.4 Å². The second-order valence-corrected chi connectivity index (χ2v) is 10.9. The van der Waals surface area contributed by atoms with Gasteiger partial charge in [0.2, 0.25) is 0 Å². The molecule has 0 atom stereocenters. The Morgan fingerprint density at radius 2 is 0.870 bits per heavy atom. The highest BCUT2D eigenvalue weighted by atomic mass is 16.5. The molecule has 0 fully saturated rings. The number of benzene rings is 3. The van der Waals surface area contributed by atoms with Gasteiger partial charge in [-0.1, -0.05) is 75.3 Å². The van der Waals surface area contributed by atoms with Gasteiger partial charge in [-0.3, -0.25) is 19.2 Å². The van der Waals surface area contributed by atoms with E-state index >= 15 is 0 Å². The molecule has 8 nitrogen and oxygen atoms in total. The van der Waals surface area contributed by atoms with Gasteiger partial charge in [0.1, 0.15) is 11.5 Å². The molecule has 2 aliphatic heterocycles. The zero-order valence-electron chi connectivity index (χ0n) is 26.0. The van der Waals surface area contributed by atoms with Crippen LogP contribution in [0.15, 0.2) is 85.0 Å². The van der Waals surface area contributed by atoms with Crippen molar-refractivity contribution in [3.63, 3.8) is 0 Å². The lowest BCUT2D eigenvalue weighted by Crippen LogP contribution is -2.29. The number of unbranched alkanes of at least 4 members (excludes halogenated alkanes) is 2. The summed E-state index contributed by atoms with van der Waals surface area (Å²) in [5.41, 5.74) is 4.54. The lowest BCUT2D eigenvalue weighted by Gasteiger charge is -2.16. The summed E-state index contributed by atoms with van der Waals surface area (Å²) >= 11 is 0. The van der Waals surface area contributed by atoms with Gasteiger partial charge >= 0.3 is 0 Å². The maximum absolute atomic E-state index is 12.0. The topological polar surface area (TPSA) is 93.2 Å². The monoisotopic (exact) mass is 616 g/mol. The normalized spacial score (nSPS) is 14.6. The van der Waals surface area contributed by atoms with E-state index in [1.165, 1.54) is 24.3 Å². The number of amides is 4. The Morgan fingerprint density at radius 3 is 1.20 bits per heavy atom. The van der Waals surface area contributed by atoms with E-state index in [2.05, 4.69) is 13.8 Å². The van der Waals surface area contributed by atoms with Crippen LogP contribution in [0.25, 0.3) is 24.3 Å². The van der Waals surface area contributed by atoms with Crippen molar-refractivity contribution < 1.29 is 28.7 Å². The Morgan fingerprint density at radius 1 is 0.522 bits per heavy atom. The fraction of sp³-hybridized carbons (Fsp3) is 0.211. The fourth-order valence-electron chi connectivity index (χ4n) is 4.91. The quantitative estimate of drug-likeness (QED) is 0.108. The van der Waals surface area contributed by atoms with Crippen LogP contribution >= 0.6 is 0 Å². The summed E-state index contributed by atoms with van der Waals surface area (Å²) in [6, 6.07) is 18.4. The zero-order valence-corrected chi connectivity index (χ0v) is 26.0. The predicted octanol–water partition coefficient (Wildman–Crippen LogP) is 7.24. The van der Waals surface area contributed by atoms with Crippen LogP contribution < -0.4 is 19.3 Å². The molecular formula is C38H36N2O6. The molecule has 0 spiro atoms. The molecule has 0 unspecified atom stereocenters. The van der Waals surface area contributed by atoms with Gasteiger partial charge in [-0.15, -0.1) is 0 Å². The minimum absolute atomic E-state index is 0.350. The summed E-state index contributed by atoms with van der Waals surface area (Å²) in [7, 11) is 0. The third-order valence-corrected chi connectivity index (χ3v) is 7.48. The molecule has 3 aromatic rings. The van der Waals surface area contributed by atoms with E-state index in [4.69, 9.17) is 9.47 Å². The molecule has 2 heterocycles. The number of carbonyl (C=O) groups excluding carboxylic acids is 4. The van der Waals surface area contributed by atoms with Crippen LogP contribution in [0.4, 0.5) is 11.4 Å². The lowest BCUT2D eigenvalue weighted by molar-refractivity contribution is -0.121. The molecule has 46 heavy (non-hydrogen) atoms. The van der Waals surface area contributed by atoms with Crippen molar-refractivity contribution in [2.45, 2.75) is 39.5 Å². The third kappa shape index (κ3) is 7.58. The maximum atomic E-state index is 12.0. The molecule has 0 bridgehead atoms. The SMILES string of the molecule is CCCCOc1cc(/C=C/c2ccc(N3C(=O)C=CC3=O)cc2)c(OCCCC)cc1/C=C/c1ccc(N2C(=O)C=CC2=O)cc1. The van der Waals surface area contributed by atoms with Gasteiger partial charge in [0.05, 0.1) is 24.6 Å². The Hall–Kier alpha value is -5.50. The van der Waals surface area contributed by atoms with Crippen LogP contribution in [0, 0.1) is 0 Å². The number of ether oxygens (including phenoxy) is 2. The number of imide groups is 2. The van der Waals surface area contributed by atoms with E-state index in [0.29, 0.717) is 24.6 Å². The number of hydrogen-bond acceptors (Lipinski definition) is 6. The van der Waals surface area contributed by atoms with Gasteiger partial charge in [-0.05, 0) is 60.4 Å². The smallest absolute Gasteiger partial charge is 0.258 e. The lowest BCUT2D eigenvalue weighted by atomic mass is 10.0. The number of hydrogen-bond donors (Lipinski definition) is 0. The van der Waals surface area contributed by atoms with Crippen LogP contribution in [0.3, 0.4) is 0 Å². The van der Waals surface area contributed by atoms with E-state index in [1.54, 1.807) is 24.3 Å². The van der Waals surface area contributed by atoms with E-state index in [0.717, 1.165) is 69.2 Å². The highest BCUT2D eigenvalue weighted by molar-refractivity contribution is 6.28. The van der Waals surface area contributed by atoms with Gasteiger partial charge in [0.25, 0.3) is 23.6 Å². The first-order valence-corrected chi connectivity index (χ1v) is 15.5. The first-order chi connectivity index (χ1) is 22.4. The summed E-state index contributed by atoms with van der Waals surface area (Å²) in [5.74, 6) is 0.0372. The molecule has 8 heteroatoms. The van der Waals surface area contributed by atoms with Crippen LogP contribution in [-0.2, 0) is 19.2 Å². The van der Waals surface area contributed by atoms with Gasteiger partial charge in [-0.25, -0.2) is 9.80 Å². The Bertz CT molecular complexity index is 1570. The first kappa shape index (κ1) is 31.9. The highest BCUT2D eigenvalue weighted by Crippen LogP contribution is 2.33. The first-order valence-electron chi connectivity index (χ1n) is 15.5. The molecule has 234 valence electrons. The zero-order chi connectivity index (χ0) is 32.5. The second-order valence-electron chi connectivity index (χ2n) is 10.9. The molecular weight excluding hydrogens is 580 g/mol. The van der Waals surface area contributed by atoms with E-state index in [1.807, 2.05) is 60.7 Å². The van der Waals surface area contributed by atoms with Crippen molar-refractivity contribution in [1.29, 1.82) is 0 Å². The number of nitrogens with zero attached hydrogens (tertiary/aromatic N) is 2. The molecule has 0 saturated carbocycles. The maximum Gasteiger partial charge on any atom is 0.258 e. The number of carbonyl (C=O) groups is 4. The minimum Gasteiger partial charge on any atom is -0.493 e. The molecule has 0 aromatic heterocycles. The number of rotatable bonds is 14. The molecule has 3 aromatic carbocycles. The summed E-state index contributed by atoms with van der Waals surface area (Å²) in [5, 5.41) is 0. The Kier molecular flexibility index (Phi) is 10.4. The highest BCUT2D eigenvalue weighted by Gasteiger charge is 2.25. The minimum atomic E-state index is -0.350. The molecule has 0 saturated heterocycles. The van der Waals surface area contributed by atoms with Crippen molar-refractivity contribution in [3.8, 4) is 11.5 Å². The van der Waals surface area contributed by atoms with Crippen molar-refractivity contribution in [3.05, 3.63) is 107 Å². The fourth-order valence-corrected chi connectivity index (χ4v) is 4.91. The van der Waals surface area contributed by atoms with Crippen molar-refractivity contribution in [2.75, 3.05) is 23.0 Å². The standard InChI is InChI=1S/C38H36N2O6/c1-3-5-23-45-33-25-30(14-8-28-11-17-32(18-12-28)40-37(43)21-22-38(40)44)34(46-24-6-4-2)26-29(33)13-7-27-9-15-31(16-10-27)39-35(41)19-20-36(39)42/h7-22,25-26H,3-6,23-24H2,1-2H3/b13-7+,14-8+. The van der Waals surface area contributed by atoms with E-state index in [9.17, 15) is 19.2 Å². The Labute approximate surface area is 268 Å². The summed E-state index contributed by atoms with van der Waals surface area (Å²) in [4.78, 5) is 50.4. The summed E-state index contributed by atoms with van der Waals surface area (Å²) < 4.78 is 12.5.